The third kappa shape index (κ3) is 5.93. The minimum atomic E-state index is -0.355. The predicted molar refractivity (Wildman–Crippen MR) is 182 cm³/mol. The average Bonchev–Trinajstić information content (AvgIpc) is 2.99. The zero-order valence-corrected chi connectivity index (χ0v) is 29.3. The van der Waals surface area contributed by atoms with Crippen LogP contribution in [0.15, 0.2) is 36.4 Å². The summed E-state index contributed by atoms with van der Waals surface area (Å²) in [5.74, 6) is 2.71. The van der Waals surface area contributed by atoms with Gasteiger partial charge in [-0.15, -0.1) is 6.58 Å². The van der Waals surface area contributed by atoms with E-state index in [1.54, 1.807) is 6.07 Å². The van der Waals surface area contributed by atoms with Crippen molar-refractivity contribution in [3.8, 4) is 0 Å². The van der Waals surface area contributed by atoms with Crippen LogP contribution in [0.3, 0.4) is 0 Å². The maximum atomic E-state index is 14.4. The summed E-state index contributed by atoms with van der Waals surface area (Å²) < 4.78 is 4.90. The Bertz CT molecular complexity index is 1270. The first kappa shape index (κ1) is 34.2. The molecular weight excluding hydrogens is 558 g/mol. The van der Waals surface area contributed by atoms with Crippen LogP contribution in [-0.4, -0.2) is 36.7 Å². The lowest BCUT2D eigenvalue weighted by molar-refractivity contribution is -0.215. The second kappa shape index (κ2) is 12.8. The van der Waals surface area contributed by atoms with Gasteiger partial charge in [-0.25, -0.2) is 4.79 Å². The largest absolute Gasteiger partial charge is 0.465 e. The van der Waals surface area contributed by atoms with Crippen LogP contribution in [0.5, 0.6) is 0 Å². The van der Waals surface area contributed by atoms with E-state index in [0.29, 0.717) is 53.5 Å². The molecule has 4 aliphatic carbocycles. The number of benzene rings is 1. The second-order valence-corrected chi connectivity index (χ2v) is 16.9. The molecule has 4 saturated carbocycles. The number of carbonyl (C=O) groups is 2. The summed E-state index contributed by atoms with van der Waals surface area (Å²) in [4.78, 5) is 26.4. The van der Waals surface area contributed by atoms with Crippen molar-refractivity contribution in [2.75, 3.05) is 13.7 Å². The summed E-state index contributed by atoms with van der Waals surface area (Å²) in [5, 5.41) is 14.4. The highest BCUT2D eigenvalue weighted by molar-refractivity contribution is 5.89. The first-order valence-corrected chi connectivity index (χ1v) is 18.0. The molecule has 1 aromatic rings. The Labute approximate surface area is 273 Å². The maximum Gasteiger partial charge on any atom is 0.337 e. The molecule has 0 aliphatic heterocycles. The van der Waals surface area contributed by atoms with Gasteiger partial charge in [0, 0.05) is 6.54 Å². The van der Waals surface area contributed by atoms with Crippen LogP contribution >= 0.6 is 0 Å². The first-order chi connectivity index (χ1) is 21.2. The number of aliphatic hydroxyl groups excluding tert-OH is 1. The number of allylic oxidation sites excluding steroid dienone is 1. The summed E-state index contributed by atoms with van der Waals surface area (Å²) in [5.41, 5.74) is 2.96. The summed E-state index contributed by atoms with van der Waals surface area (Å²) in [7, 11) is 1.40. The molecule has 250 valence electrons. The molecule has 0 radical (unpaired) electrons. The van der Waals surface area contributed by atoms with E-state index in [0.717, 1.165) is 50.5 Å². The highest BCUT2D eigenvalue weighted by Crippen LogP contribution is 2.72. The smallest absolute Gasteiger partial charge is 0.337 e. The Balaban J connectivity index is 1.34. The van der Waals surface area contributed by atoms with E-state index in [2.05, 4.69) is 53.4 Å². The quantitative estimate of drug-likeness (QED) is 0.215. The van der Waals surface area contributed by atoms with E-state index in [4.69, 9.17) is 4.74 Å². The number of fused-ring (bicyclic) bond motifs is 5. The molecule has 0 bridgehead atoms. The number of methoxy groups -OCH3 is 1. The molecule has 5 heteroatoms. The Hall–Kier alpha value is -2.14. The third-order valence-electron chi connectivity index (χ3n) is 14.4. The Morgan fingerprint density at radius 2 is 1.73 bits per heavy atom. The highest BCUT2D eigenvalue weighted by atomic mass is 16.5. The Morgan fingerprint density at radius 1 is 1.00 bits per heavy atom. The van der Waals surface area contributed by atoms with Gasteiger partial charge in [0.15, 0.2) is 0 Å². The molecule has 5 rings (SSSR count). The number of ether oxygens (including phenoxy) is 1. The fourth-order valence-corrected chi connectivity index (χ4v) is 11.9. The van der Waals surface area contributed by atoms with E-state index in [1.165, 1.54) is 38.4 Å². The van der Waals surface area contributed by atoms with Crippen molar-refractivity contribution in [1.29, 1.82) is 0 Å². The van der Waals surface area contributed by atoms with Crippen LogP contribution in [-0.2, 0) is 16.0 Å². The summed E-state index contributed by atoms with van der Waals surface area (Å²) in [6.07, 6.45) is 12.5. The molecule has 9 atom stereocenters. The first-order valence-electron chi connectivity index (χ1n) is 18.0. The van der Waals surface area contributed by atoms with E-state index in [1.807, 2.05) is 18.2 Å². The van der Waals surface area contributed by atoms with Gasteiger partial charge in [0.25, 0.3) is 0 Å². The normalized spacial score (nSPS) is 38.7. The van der Waals surface area contributed by atoms with Crippen LogP contribution in [0.25, 0.3) is 0 Å². The van der Waals surface area contributed by atoms with Gasteiger partial charge in [-0.2, -0.15) is 0 Å². The van der Waals surface area contributed by atoms with Crippen LogP contribution in [0.1, 0.15) is 128 Å². The monoisotopic (exact) mass is 619 g/mol. The predicted octanol–water partition coefficient (Wildman–Crippen LogP) is 8.54. The van der Waals surface area contributed by atoms with Crippen LogP contribution < -0.4 is 5.32 Å². The maximum absolute atomic E-state index is 14.4. The molecule has 4 fully saturated rings. The molecule has 4 aliphatic rings. The lowest BCUT2D eigenvalue weighted by atomic mass is 9.36. The number of hydrogen-bond acceptors (Lipinski definition) is 4. The van der Waals surface area contributed by atoms with Crippen LogP contribution in [0.2, 0.25) is 0 Å². The minimum absolute atomic E-state index is 0.0256. The average molecular weight is 620 g/mol. The molecule has 45 heavy (non-hydrogen) atoms. The molecule has 0 aromatic heterocycles. The standard InChI is InChI=1S/C40H61NO4/c1-26(2)11-10-20-40(36(44)41-24-19-28-12-9-13-29(25-28)35(43)45-8)23-16-31-30(27(40)3)14-15-33-38(31,6)21-17-32-37(4,5)34(42)18-22-39(32,33)7/h9,12-13,25,27,30-34,42H,1,10-11,14-24H2,2-8H3,(H,41,44). The van der Waals surface area contributed by atoms with Crippen molar-refractivity contribution >= 4 is 11.9 Å². The van der Waals surface area contributed by atoms with E-state index in [9.17, 15) is 14.7 Å². The molecule has 1 amide bonds. The number of carbonyl (C=O) groups excluding carboxylic acids is 2. The van der Waals surface area contributed by atoms with Crippen molar-refractivity contribution in [2.24, 2.45) is 51.2 Å². The number of nitrogens with one attached hydrogen (secondary N) is 1. The van der Waals surface area contributed by atoms with E-state index in [-0.39, 0.29) is 34.2 Å². The van der Waals surface area contributed by atoms with Gasteiger partial charge in [0.05, 0.1) is 24.2 Å². The molecule has 0 saturated heterocycles. The molecule has 2 N–H and O–H groups in total. The Kier molecular flexibility index (Phi) is 9.74. The topological polar surface area (TPSA) is 75.6 Å². The SMILES string of the molecule is C=C(C)CCCC1(C(=O)NCCc2cccc(C(=O)OC)c2)CCC2C(CCC3C2(C)CCC2C(C)(C)C(O)CCC23C)C1C. The summed E-state index contributed by atoms with van der Waals surface area (Å²) >= 11 is 0. The van der Waals surface area contributed by atoms with Crippen molar-refractivity contribution in [2.45, 2.75) is 125 Å². The highest BCUT2D eigenvalue weighted by Gasteiger charge is 2.65. The van der Waals surface area contributed by atoms with Crippen molar-refractivity contribution < 1.29 is 19.4 Å². The summed E-state index contributed by atoms with van der Waals surface area (Å²) in [6, 6.07) is 7.53. The lowest BCUT2D eigenvalue weighted by Crippen LogP contribution is -2.64. The van der Waals surface area contributed by atoms with Gasteiger partial charge in [-0.3, -0.25) is 4.79 Å². The van der Waals surface area contributed by atoms with E-state index >= 15 is 0 Å². The zero-order valence-electron chi connectivity index (χ0n) is 29.3. The van der Waals surface area contributed by atoms with Crippen molar-refractivity contribution in [3.05, 3.63) is 47.5 Å². The molecular formula is C40H61NO4. The molecule has 9 unspecified atom stereocenters. The molecule has 0 heterocycles. The van der Waals surface area contributed by atoms with Crippen LogP contribution in [0.4, 0.5) is 0 Å². The lowest BCUT2D eigenvalue weighted by Gasteiger charge is -2.69. The van der Waals surface area contributed by atoms with Gasteiger partial charge in [-0.1, -0.05) is 52.3 Å². The minimum Gasteiger partial charge on any atom is -0.465 e. The van der Waals surface area contributed by atoms with E-state index < -0.39 is 0 Å². The van der Waals surface area contributed by atoms with Gasteiger partial charge in [-0.05, 0) is 148 Å². The van der Waals surface area contributed by atoms with Gasteiger partial charge in [0.1, 0.15) is 0 Å². The fraction of sp³-hybridized carbons (Fsp3) is 0.750. The zero-order chi connectivity index (χ0) is 32.8. The number of esters is 1. The number of hydrogen-bond donors (Lipinski definition) is 2. The number of aliphatic hydroxyl groups is 1. The molecule has 0 spiro atoms. The third-order valence-corrected chi connectivity index (χ3v) is 14.4. The molecule has 5 nitrogen and oxygen atoms in total. The second-order valence-electron chi connectivity index (χ2n) is 16.9. The van der Waals surface area contributed by atoms with Gasteiger partial charge < -0.3 is 15.2 Å². The van der Waals surface area contributed by atoms with Crippen LogP contribution in [0, 0.1) is 51.2 Å². The number of amides is 1. The van der Waals surface area contributed by atoms with Gasteiger partial charge in [0.2, 0.25) is 5.91 Å². The number of rotatable bonds is 9. The summed E-state index contributed by atoms with van der Waals surface area (Å²) in [6.45, 7) is 19.1. The van der Waals surface area contributed by atoms with Gasteiger partial charge >= 0.3 is 5.97 Å². The van der Waals surface area contributed by atoms with Crippen molar-refractivity contribution in [1.82, 2.24) is 5.32 Å². The Morgan fingerprint density at radius 3 is 2.44 bits per heavy atom. The van der Waals surface area contributed by atoms with Crippen molar-refractivity contribution in [3.63, 3.8) is 0 Å². The fourth-order valence-electron chi connectivity index (χ4n) is 11.9. The molecule has 1 aromatic carbocycles.